The van der Waals surface area contributed by atoms with Crippen molar-refractivity contribution in [2.75, 3.05) is 0 Å². The molecule has 0 spiro atoms. The van der Waals surface area contributed by atoms with Gasteiger partial charge in [-0.3, -0.25) is 14.3 Å². The van der Waals surface area contributed by atoms with E-state index in [1.54, 1.807) is 12.1 Å². The van der Waals surface area contributed by atoms with Crippen LogP contribution in [-0.4, -0.2) is 9.55 Å². The molecule has 0 aliphatic carbocycles. The molecule has 1 aromatic heterocycles. The van der Waals surface area contributed by atoms with E-state index in [4.69, 9.17) is 0 Å². The Balaban J connectivity index is 2.20. The molecule has 0 saturated heterocycles. The van der Waals surface area contributed by atoms with Gasteiger partial charge >= 0.3 is 5.69 Å². The van der Waals surface area contributed by atoms with Gasteiger partial charge in [-0.1, -0.05) is 48.5 Å². The highest BCUT2D eigenvalue weighted by atomic mass is 16.3. The number of benzene rings is 2. The van der Waals surface area contributed by atoms with Gasteiger partial charge in [0.25, 0.3) is 5.56 Å². The van der Waals surface area contributed by atoms with Crippen molar-refractivity contribution in [3.63, 3.8) is 0 Å². The summed E-state index contributed by atoms with van der Waals surface area (Å²) in [5.41, 5.74) is 0.807. The first-order valence-corrected chi connectivity index (χ1v) is 7.23. The molecule has 0 atom stereocenters. The highest BCUT2D eigenvalue weighted by Crippen LogP contribution is 2.19. The molecule has 3 rings (SSSR count). The van der Waals surface area contributed by atoms with Crippen LogP contribution in [0.4, 0.5) is 0 Å². The zero-order valence-corrected chi connectivity index (χ0v) is 12.6. The van der Waals surface area contributed by atoms with Crippen molar-refractivity contribution in [3.8, 4) is 11.6 Å². The van der Waals surface area contributed by atoms with Crippen molar-refractivity contribution in [2.24, 2.45) is 0 Å². The first-order valence-electron chi connectivity index (χ1n) is 7.23. The minimum Gasteiger partial charge on any atom is -0.859 e. The average molecular weight is 307 g/mol. The fraction of sp³-hybridized carbons (Fsp3) is 0.111. The van der Waals surface area contributed by atoms with Gasteiger partial charge in [0.2, 0.25) is 0 Å². The van der Waals surface area contributed by atoms with Crippen LogP contribution >= 0.6 is 0 Å². The zero-order valence-electron chi connectivity index (χ0n) is 12.6. The maximum absolute atomic E-state index is 12.7. The number of aryl methyl sites for hydroxylation is 1. The summed E-state index contributed by atoms with van der Waals surface area (Å²) in [7, 11) is 0. The van der Waals surface area contributed by atoms with E-state index in [1.807, 2.05) is 49.4 Å². The summed E-state index contributed by atoms with van der Waals surface area (Å²) < 4.78 is 1.02. The predicted octanol–water partition coefficient (Wildman–Crippen LogP) is 1.50. The molecule has 0 amide bonds. The maximum atomic E-state index is 12.7. The molecular weight excluding hydrogens is 292 g/mol. The van der Waals surface area contributed by atoms with Crippen LogP contribution in [0.1, 0.15) is 16.7 Å². The van der Waals surface area contributed by atoms with Gasteiger partial charge in [0.15, 0.2) is 0 Å². The van der Waals surface area contributed by atoms with Gasteiger partial charge < -0.3 is 5.11 Å². The summed E-state index contributed by atoms with van der Waals surface area (Å²) >= 11 is 0. The van der Waals surface area contributed by atoms with Crippen molar-refractivity contribution in [2.45, 2.75) is 13.3 Å². The number of hydrogen-bond acceptors (Lipinski definition) is 3. The highest BCUT2D eigenvalue weighted by molar-refractivity contribution is 5.44. The summed E-state index contributed by atoms with van der Waals surface area (Å²) in [4.78, 5) is 26.4. The minimum absolute atomic E-state index is 0.0547. The van der Waals surface area contributed by atoms with E-state index in [-0.39, 0.29) is 12.0 Å². The topological polar surface area (TPSA) is 77.9 Å². The Morgan fingerprint density at radius 3 is 2.35 bits per heavy atom. The number of hydrogen-bond donors (Lipinski definition) is 1. The molecule has 0 fully saturated rings. The molecule has 0 aliphatic heterocycles. The largest absolute Gasteiger partial charge is 0.859 e. The number of aromatic amines is 1. The van der Waals surface area contributed by atoms with Crippen LogP contribution < -0.4 is 16.4 Å². The highest BCUT2D eigenvalue weighted by Gasteiger charge is 2.11. The Kier molecular flexibility index (Phi) is 3.85. The standard InChI is InChI=1S/C18H16N2O3/c1-12-7-5-6-10-15(12)20-17(22)14(16(21)19-18(20)23)11-13-8-3-2-4-9-13/h2-10,22H,11H2,1H3,(H,19,21,23)/p-1. The van der Waals surface area contributed by atoms with Gasteiger partial charge in [-0.15, -0.1) is 0 Å². The van der Waals surface area contributed by atoms with Gasteiger partial charge in [0.05, 0.1) is 5.69 Å². The van der Waals surface area contributed by atoms with E-state index >= 15 is 0 Å². The zero-order chi connectivity index (χ0) is 16.4. The molecule has 5 heteroatoms. The van der Waals surface area contributed by atoms with Crippen LogP contribution in [0.2, 0.25) is 0 Å². The third-order valence-electron chi connectivity index (χ3n) is 3.74. The third kappa shape index (κ3) is 2.81. The molecule has 0 aliphatic rings. The second-order valence-corrected chi connectivity index (χ2v) is 5.33. The van der Waals surface area contributed by atoms with Crippen LogP contribution in [-0.2, 0) is 6.42 Å². The molecule has 3 aromatic rings. The minimum atomic E-state index is -0.717. The summed E-state index contributed by atoms with van der Waals surface area (Å²) in [6, 6.07) is 16.3. The van der Waals surface area contributed by atoms with Crippen molar-refractivity contribution in [1.82, 2.24) is 9.55 Å². The van der Waals surface area contributed by atoms with Crippen LogP contribution in [0, 0.1) is 6.92 Å². The smallest absolute Gasteiger partial charge is 0.332 e. The maximum Gasteiger partial charge on any atom is 0.332 e. The average Bonchev–Trinajstić information content (AvgIpc) is 2.54. The second-order valence-electron chi connectivity index (χ2n) is 5.33. The fourth-order valence-corrected chi connectivity index (χ4v) is 2.54. The summed E-state index contributed by atoms with van der Waals surface area (Å²) in [5, 5.41) is 12.7. The number of nitrogens with zero attached hydrogens (tertiary/aromatic N) is 1. The Labute approximate surface area is 132 Å². The Hall–Kier alpha value is -3.08. The van der Waals surface area contributed by atoms with Crippen LogP contribution in [0.5, 0.6) is 5.88 Å². The van der Waals surface area contributed by atoms with Gasteiger partial charge in [-0.25, -0.2) is 4.79 Å². The lowest BCUT2D eigenvalue weighted by atomic mass is 10.1. The molecule has 1 N–H and O–H groups in total. The van der Waals surface area contributed by atoms with E-state index in [2.05, 4.69) is 4.98 Å². The van der Waals surface area contributed by atoms with E-state index in [0.29, 0.717) is 5.69 Å². The number of rotatable bonds is 3. The molecule has 116 valence electrons. The molecule has 23 heavy (non-hydrogen) atoms. The lowest BCUT2D eigenvalue weighted by molar-refractivity contribution is -0.279. The number of para-hydroxylation sites is 1. The molecule has 2 aromatic carbocycles. The van der Waals surface area contributed by atoms with Crippen molar-refractivity contribution in [3.05, 3.63) is 92.1 Å². The quantitative estimate of drug-likeness (QED) is 0.796. The Bertz CT molecular complexity index is 956. The lowest BCUT2D eigenvalue weighted by Crippen LogP contribution is -2.34. The Morgan fingerprint density at radius 2 is 1.65 bits per heavy atom. The summed E-state index contributed by atoms with van der Waals surface area (Å²) in [6.07, 6.45) is 0.182. The molecule has 5 nitrogen and oxygen atoms in total. The first kappa shape index (κ1) is 14.8. The number of nitrogens with one attached hydrogen (secondary N) is 1. The van der Waals surface area contributed by atoms with Crippen molar-refractivity contribution in [1.29, 1.82) is 0 Å². The predicted molar refractivity (Wildman–Crippen MR) is 86.1 cm³/mol. The van der Waals surface area contributed by atoms with Gasteiger partial charge in [-0.2, -0.15) is 0 Å². The first-order chi connectivity index (χ1) is 11.1. The molecule has 0 radical (unpaired) electrons. The fourth-order valence-electron chi connectivity index (χ4n) is 2.54. The van der Waals surface area contributed by atoms with E-state index in [1.165, 1.54) is 0 Å². The molecule has 1 heterocycles. The van der Waals surface area contributed by atoms with E-state index < -0.39 is 17.1 Å². The van der Waals surface area contributed by atoms with Gasteiger partial charge in [-0.05, 0) is 30.0 Å². The second kappa shape index (κ2) is 5.96. The molecular formula is C18H15N2O3-. The van der Waals surface area contributed by atoms with E-state index in [9.17, 15) is 14.7 Å². The Morgan fingerprint density at radius 1 is 1.00 bits per heavy atom. The third-order valence-corrected chi connectivity index (χ3v) is 3.74. The van der Waals surface area contributed by atoms with Gasteiger partial charge in [0.1, 0.15) is 0 Å². The molecule has 0 bridgehead atoms. The van der Waals surface area contributed by atoms with Crippen LogP contribution in [0.3, 0.4) is 0 Å². The van der Waals surface area contributed by atoms with Crippen molar-refractivity contribution < 1.29 is 5.11 Å². The monoisotopic (exact) mass is 307 g/mol. The van der Waals surface area contributed by atoms with Crippen LogP contribution in [0.15, 0.2) is 64.2 Å². The normalized spacial score (nSPS) is 10.7. The number of H-pyrrole nitrogens is 1. The number of aromatic nitrogens is 2. The molecule has 0 saturated carbocycles. The summed E-state index contributed by atoms with van der Waals surface area (Å²) in [6.45, 7) is 1.81. The van der Waals surface area contributed by atoms with Gasteiger partial charge in [0, 0.05) is 12.0 Å². The lowest BCUT2D eigenvalue weighted by Gasteiger charge is -2.21. The summed E-state index contributed by atoms with van der Waals surface area (Å²) in [5.74, 6) is -0.572. The van der Waals surface area contributed by atoms with E-state index in [0.717, 1.165) is 15.7 Å². The SMILES string of the molecule is Cc1ccccc1-n1c([O-])c(Cc2ccccc2)c(=O)[nH]c1=O. The van der Waals surface area contributed by atoms with Crippen molar-refractivity contribution >= 4 is 0 Å². The van der Waals surface area contributed by atoms with Crippen LogP contribution in [0.25, 0.3) is 5.69 Å². The molecule has 0 unspecified atom stereocenters.